The van der Waals surface area contributed by atoms with Crippen LogP contribution >= 0.6 is 58.8 Å². The Hall–Kier alpha value is -4.80. The molecule has 0 unspecified atom stereocenters. The third-order valence-corrected chi connectivity index (χ3v) is 12.2. The van der Waals surface area contributed by atoms with Crippen LogP contribution in [0.4, 0.5) is 42.9 Å². The number of nitrogens with one attached hydrogen (secondary N) is 3. The van der Waals surface area contributed by atoms with E-state index < -0.39 is 36.0 Å². The van der Waals surface area contributed by atoms with Crippen molar-refractivity contribution in [3.8, 4) is 11.5 Å². The molecule has 0 bridgehead atoms. The van der Waals surface area contributed by atoms with Crippen LogP contribution in [0.3, 0.4) is 0 Å². The molecule has 4 heterocycles. The van der Waals surface area contributed by atoms with E-state index in [-0.39, 0.29) is 109 Å². The van der Waals surface area contributed by atoms with E-state index in [2.05, 4.69) is 30.7 Å². The molecule has 412 valence electrons. The number of anilines is 2. The number of urea groups is 1. The molecular weight excluding hydrogens is 1100 g/mol. The van der Waals surface area contributed by atoms with Crippen LogP contribution in [-0.2, 0) is 24.2 Å². The van der Waals surface area contributed by atoms with Crippen molar-refractivity contribution >= 4 is 82.3 Å². The van der Waals surface area contributed by atoms with Gasteiger partial charge in [-0.1, -0.05) is 47.5 Å². The van der Waals surface area contributed by atoms with Gasteiger partial charge in [0, 0.05) is 62.5 Å². The zero-order chi connectivity index (χ0) is 54.6. The predicted octanol–water partition coefficient (Wildman–Crippen LogP) is 11.3. The number of nitrogens with zero attached hydrogens (tertiary/aromatic N) is 3. The van der Waals surface area contributed by atoms with Gasteiger partial charge in [-0.3, -0.25) is 15.3 Å². The van der Waals surface area contributed by atoms with Gasteiger partial charge in [0.25, 0.3) is 0 Å². The average Bonchev–Trinajstić information content (AvgIpc) is 3.34. The van der Waals surface area contributed by atoms with Crippen molar-refractivity contribution in [3.05, 3.63) is 141 Å². The number of pyridine rings is 2. The molecule has 2 aliphatic rings. The Kier molecular flexibility index (Phi) is 26.5. The van der Waals surface area contributed by atoms with Crippen molar-refractivity contribution in [1.82, 2.24) is 20.2 Å². The number of hydrogen-bond acceptors (Lipinski definition) is 11. The highest BCUT2D eigenvalue weighted by molar-refractivity contribution is 6.40. The van der Waals surface area contributed by atoms with Crippen LogP contribution in [-0.4, -0.2) is 111 Å². The summed E-state index contributed by atoms with van der Waals surface area (Å²) in [4.78, 5) is 34.1. The van der Waals surface area contributed by atoms with Crippen molar-refractivity contribution < 1.29 is 61.4 Å². The quantitative estimate of drug-likeness (QED) is 0.0463. The smallest absolute Gasteiger partial charge is 0.410 e. The van der Waals surface area contributed by atoms with Crippen LogP contribution in [0.1, 0.15) is 64.9 Å². The molecule has 0 aliphatic carbocycles. The summed E-state index contributed by atoms with van der Waals surface area (Å²) in [6.45, 7) is 6.45. The van der Waals surface area contributed by atoms with Gasteiger partial charge >= 0.3 is 18.5 Å². The number of likely N-dealkylation sites (tertiary alicyclic amines) is 1. The predicted molar refractivity (Wildman–Crippen MR) is 283 cm³/mol. The Balaban J connectivity index is 0.000000295. The lowest BCUT2D eigenvalue weighted by atomic mass is 9.89. The molecule has 7 rings (SSSR count). The number of halogens is 10. The van der Waals surface area contributed by atoms with E-state index in [9.17, 15) is 37.4 Å². The molecule has 2 fully saturated rings. The summed E-state index contributed by atoms with van der Waals surface area (Å²) in [5.41, 5.74) is 2.02. The van der Waals surface area contributed by atoms with E-state index in [1.54, 1.807) is 47.4 Å². The number of carbonyl (C=O) groups excluding carboxylic acids is 2. The van der Waals surface area contributed by atoms with Crippen LogP contribution in [0, 0.1) is 20.8 Å². The zero-order valence-corrected chi connectivity index (χ0v) is 44.9. The van der Waals surface area contributed by atoms with Gasteiger partial charge in [-0.15, -0.1) is 48.8 Å². The molecule has 24 heteroatoms. The first-order chi connectivity index (χ1) is 35.0. The Morgan fingerprint density at radius 2 is 1.21 bits per heavy atom. The number of hydrogen-bond donors (Lipinski definition) is 7. The highest BCUT2D eigenvalue weighted by Crippen LogP contribution is 2.40. The summed E-state index contributed by atoms with van der Waals surface area (Å²) in [7, 11) is 0. The lowest BCUT2D eigenvalue weighted by Gasteiger charge is -2.36. The van der Waals surface area contributed by atoms with Crippen LogP contribution < -0.4 is 25.4 Å². The van der Waals surface area contributed by atoms with Crippen molar-refractivity contribution in [2.24, 2.45) is 0 Å². The largest absolute Gasteiger partial charge is 0.573 e. The van der Waals surface area contributed by atoms with Crippen molar-refractivity contribution in [1.29, 1.82) is 0 Å². The van der Waals surface area contributed by atoms with Gasteiger partial charge in [-0.05, 0) is 129 Å². The number of aromatic nitrogens is 2. The average molecular weight is 1160 g/mol. The SMILES string of the molecule is Cc1cc(NC(=O)Oc2ccccc2)ccc1OC(F)(F)F.Cc1ccc(NC(=O)N2CCC(F)(c3ncc(C[C@H](O)CO)cc3Cl)CC2)cc1C.Cl.ClCCl.OC[C@@H](O)Cc1cnc(C2(F)CCNCC2)c(Cl)c1. The minimum Gasteiger partial charge on any atom is -0.410 e. The zero-order valence-electron chi connectivity index (χ0n) is 41.1. The highest BCUT2D eigenvalue weighted by Gasteiger charge is 2.41. The number of carbonyl (C=O) groups is 2. The van der Waals surface area contributed by atoms with Crippen molar-refractivity contribution in [3.63, 3.8) is 0 Å². The van der Waals surface area contributed by atoms with Gasteiger partial charge in [0.1, 0.15) is 11.5 Å². The number of ether oxygens (including phenoxy) is 2. The maximum Gasteiger partial charge on any atom is 0.573 e. The first kappa shape index (κ1) is 64.5. The van der Waals surface area contributed by atoms with E-state index in [0.717, 1.165) is 17.2 Å². The lowest BCUT2D eigenvalue weighted by molar-refractivity contribution is -0.274. The molecule has 3 aromatic carbocycles. The van der Waals surface area contributed by atoms with Gasteiger partial charge in [-0.25, -0.2) is 18.4 Å². The summed E-state index contributed by atoms with van der Waals surface area (Å²) in [5, 5.41) is 45.7. The van der Waals surface area contributed by atoms with Crippen LogP contribution in [0.5, 0.6) is 11.5 Å². The van der Waals surface area contributed by atoms with Gasteiger partial charge in [0.05, 0.1) is 52.2 Å². The van der Waals surface area contributed by atoms with Crippen molar-refractivity contribution in [2.45, 2.75) is 89.2 Å². The van der Waals surface area contributed by atoms with Crippen LogP contribution in [0.2, 0.25) is 10.0 Å². The van der Waals surface area contributed by atoms with Gasteiger partial charge in [0.15, 0.2) is 11.3 Å². The monoisotopic (exact) mass is 1150 g/mol. The number of amides is 3. The highest BCUT2D eigenvalue weighted by atomic mass is 35.5. The van der Waals surface area contributed by atoms with E-state index in [1.165, 1.54) is 31.5 Å². The second kappa shape index (κ2) is 30.8. The molecule has 2 aliphatic heterocycles. The third-order valence-electron chi connectivity index (χ3n) is 11.6. The molecule has 0 radical (unpaired) electrons. The van der Waals surface area contributed by atoms with E-state index in [1.807, 2.05) is 32.0 Å². The minimum atomic E-state index is -4.76. The molecule has 2 atom stereocenters. The number of aliphatic hydroxyl groups is 4. The molecule has 5 aromatic rings. The number of piperidine rings is 2. The first-order valence-corrected chi connectivity index (χ1v) is 25.0. The normalized spacial score (nSPS) is 15.3. The first-order valence-electron chi connectivity index (χ1n) is 23.1. The number of para-hydroxylation sites is 1. The van der Waals surface area contributed by atoms with Gasteiger partial charge < -0.3 is 45.4 Å². The van der Waals surface area contributed by atoms with Gasteiger partial charge in [-0.2, -0.15) is 0 Å². The number of benzene rings is 3. The van der Waals surface area contributed by atoms with Crippen LogP contribution in [0.15, 0.2) is 91.3 Å². The summed E-state index contributed by atoms with van der Waals surface area (Å²) in [6, 6.07) is 20.8. The molecule has 0 spiro atoms. The Morgan fingerprint density at radius 1 is 0.733 bits per heavy atom. The van der Waals surface area contributed by atoms with E-state index in [4.69, 9.17) is 61.4 Å². The second-order valence-electron chi connectivity index (χ2n) is 17.3. The minimum absolute atomic E-state index is 0. The summed E-state index contributed by atoms with van der Waals surface area (Å²) in [6.07, 6.45) is -2.91. The molecular formula is C51H60Cl5F5N6O8. The summed E-state index contributed by atoms with van der Waals surface area (Å²) < 4.78 is 75.7. The molecule has 2 aromatic heterocycles. The fraction of sp³-hybridized carbons (Fsp3) is 0.412. The Morgan fingerprint density at radius 3 is 1.68 bits per heavy atom. The van der Waals surface area contributed by atoms with E-state index >= 15 is 4.39 Å². The molecule has 0 saturated carbocycles. The number of aliphatic hydroxyl groups excluding tert-OH is 4. The van der Waals surface area contributed by atoms with Crippen molar-refractivity contribution in [2.75, 3.05) is 55.4 Å². The standard InChI is InChI=1S/C22H27ClFN3O3.C15H12F3NO3.C13H18ClFN2O2.CH2Cl2.ClH/c1-14-3-4-17(9-15(14)2)26-21(30)27-7-5-22(24,6-8-27)20-19(23)11-16(12-25-20)10-18(29)13-28;1-10-9-11(7-8-13(10)22-15(16,17)18)19-14(20)21-12-5-3-2-4-6-12;14-11-6-9(5-10(19)8-18)7-17-12(11)13(15)1-3-16-4-2-13;2-1-3;/h3-4,9,11-12,18,28-29H,5-8,10,13H2,1-2H3,(H,26,30);2-9H,1H3,(H,19,20);6-7,10,16,18-19H,1-5,8H2;1H2;1H/t18-;;10-;;/m0.0../s1. The maximum atomic E-state index is 15.6. The Bertz CT molecular complexity index is 2580. The fourth-order valence-electron chi connectivity index (χ4n) is 7.60. The lowest BCUT2D eigenvalue weighted by Crippen LogP contribution is -2.45. The topological polar surface area (TPSA) is 199 Å². The third kappa shape index (κ3) is 20.9. The molecule has 7 N–H and O–H groups in total. The number of alkyl halides is 7. The van der Waals surface area contributed by atoms with E-state index in [0.29, 0.717) is 54.2 Å². The van der Waals surface area contributed by atoms with Crippen LogP contribution in [0.25, 0.3) is 0 Å². The second-order valence-corrected chi connectivity index (χ2v) is 18.9. The number of rotatable bonds is 12. The molecule has 3 amide bonds. The van der Waals surface area contributed by atoms with Gasteiger partial charge in [0.2, 0.25) is 0 Å². The molecule has 75 heavy (non-hydrogen) atoms. The maximum absolute atomic E-state index is 15.6. The summed E-state index contributed by atoms with van der Waals surface area (Å²) >= 11 is 21.9. The summed E-state index contributed by atoms with van der Waals surface area (Å²) in [5.74, 6) is 0.0308. The molecule has 2 saturated heterocycles. The number of aryl methyl sites for hydroxylation is 3. The Labute approximate surface area is 458 Å². The fourth-order valence-corrected chi connectivity index (χ4v) is 8.32. The molecule has 14 nitrogen and oxygen atoms in total.